The molecule has 2 N–H and O–H groups in total. The molecule has 7 heteroatoms. The summed E-state index contributed by atoms with van der Waals surface area (Å²) in [5.41, 5.74) is -0.484. The van der Waals surface area contributed by atoms with Crippen molar-refractivity contribution in [1.82, 2.24) is 5.32 Å². The van der Waals surface area contributed by atoms with E-state index in [1.807, 2.05) is 0 Å². The average molecular weight is 272 g/mol. The molecule has 19 heavy (non-hydrogen) atoms. The molecular weight excluding hydrogens is 261 g/mol. The van der Waals surface area contributed by atoms with E-state index in [9.17, 15) is 22.8 Å². The standard InChI is InChI=1S/C12H11F3N2O2/c13-7-3-4-8(10(15)9(7)14)17-12(19)6-2-1-5-16-11(6)18/h3-4,6H,1-2,5H2,(H,16,18)(H,17,19). The highest BCUT2D eigenvalue weighted by molar-refractivity contribution is 6.06. The average Bonchev–Trinajstić information content (AvgIpc) is 2.40. The fraction of sp³-hybridized carbons (Fsp3) is 0.333. The summed E-state index contributed by atoms with van der Waals surface area (Å²) in [5, 5.41) is 4.60. The van der Waals surface area contributed by atoms with Crippen LogP contribution in [0.5, 0.6) is 0 Å². The molecule has 0 bridgehead atoms. The number of amides is 2. The van der Waals surface area contributed by atoms with Crippen molar-refractivity contribution in [3.63, 3.8) is 0 Å². The van der Waals surface area contributed by atoms with Crippen LogP contribution in [-0.4, -0.2) is 18.4 Å². The molecule has 1 fully saturated rings. The van der Waals surface area contributed by atoms with E-state index in [0.717, 1.165) is 6.07 Å². The number of carbonyl (C=O) groups excluding carboxylic acids is 2. The largest absolute Gasteiger partial charge is 0.355 e. The molecule has 1 aromatic carbocycles. The fourth-order valence-corrected chi connectivity index (χ4v) is 1.86. The lowest BCUT2D eigenvalue weighted by Gasteiger charge is -2.21. The number of piperidine rings is 1. The van der Waals surface area contributed by atoms with Crippen LogP contribution in [0.1, 0.15) is 12.8 Å². The smallest absolute Gasteiger partial charge is 0.237 e. The van der Waals surface area contributed by atoms with Crippen molar-refractivity contribution in [3.8, 4) is 0 Å². The Kier molecular flexibility index (Phi) is 3.73. The van der Waals surface area contributed by atoms with Gasteiger partial charge < -0.3 is 10.6 Å². The highest BCUT2D eigenvalue weighted by Crippen LogP contribution is 2.21. The summed E-state index contributed by atoms with van der Waals surface area (Å²) in [6.45, 7) is 0.488. The highest BCUT2D eigenvalue weighted by Gasteiger charge is 2.29. The van der Waals surface area contributed by atoms with E-state index in [1.165, 1.54) is 0 Å². The predicted molar refractivity (Wildman–Crippen MR) is 60.7 cm³/mol. The molecule has 2 rings (SSSR count). The van der Waals surface area contributed by atoms with Gasteiger partial charge in [0.25, 0.3) is 0 Å². The van der Waals surface area contributed by atoms with Crippen molar-refractivity contribution in [3.05, 3.63) is 29.6 Å². The van der Waals surface area contributed by atoms with E-state index in [1.54, 1.807) is 0 Å². The molecule has 1 aromatic rings. The summed E-state index contributed by atoms with van der Waals surface area (Å²) in [7, 11) is 0. The van der Waals surface area contributed by atoms with Crippen molar-refractivity contribution in [2.24, 2.45) is 5.92 Å². The van der Waals surface area contributed by atoms with Crippen molar-refractivity contribution in [1.29, 1.82) is 0 Å². The van der Waals surface area contributed by atoms with Crippen molar-refractivity contribution in [2.75, 3.05) is 11.9 Å². The monoisotopic (exact) mass is 272 g/mol. The Balaban J connectivity index is 2.15. The van der Waals surface area contributed by atoms with Gasteiger partial charge in [-0.3, -0.25) is 9.59 Å². The number of rotatable bonds is 2. The fourth-order valence-electron chi connectivity index (χ4n) is 1.86. The summed E-state index contributed by atoms with van der Waals surface area (Å²) < 4.78 is 39.1. The Bertz CT molecular complexity index is 534. The zero-order valence-electron chi connectivity index (χ0n) is 9.80. The third-order valence-electron chi connectivity index (χ3n) is 2.89. The lowest BCUT2D eigenvalue weighted by molar-refractivity contribution is -0.134. The zero-order valence-corrected chi connectivity index (χ0v) is 9.80. The maximum Gasteiger partial charge on any atom is 0.237 e. The van der Waals surface area contributed by atoms with Gasteiger partial charge >= 0.3 is 0 Å². The van der Waals surface area contributed by atoms with E-state index in [-0.39, 0.29) is 0 Å². The lowest BCUT2D eigenvalue weighted by Crippen LogP contribution is -2.42. The predicted octanol–water partition coefficient (Wildman–Crippen LogP) is 1.57. The number of anilines is 1. The van der Waals surface area contributed by atoms with Crippen LogP contribution >= 0.6 is 0 Å². The third-order valence-corrected chi connectivity index (χ3v) is 2.89. The van der Waals surface area contributed by atoms with Crippen LogP contribution in [0.25, 0.3) is 0 Å². The first-order valence-corrected chi connectivity index (χ1v) is 5.73. The first-order chi connectivity index (χ1) is 9.00. The van der Waals surface area contributed by atoms with Crippen molar-refractivity contribution < 1.29 is 22.8 Å². The quantitative estimate of drug-likeness (QED) is 0.634. The van der Waals surface area contributed by atoms with Gasteiger partial charge in [-0.1, -0.05) is 0 Å². The Labute approximate surface area is 107 Å². The Morgan fingerprint density at radius 1 is 1.26 bits per heavy atom. The minimum absolute atomic E-state index is 0.336. The Morgan fingerprint density at radius 3 is 2.68 bits per heavy atom. The van der Waals surface area contributed by atoms with E-state index >= 15 is 0 Å². The number of halogens is 3. The zero-order chi connectivity index (χ0) is 14.0. The Morgan fingerprint density at radius 2 is 2.00 bits per heavy atom. The van der Waals surface area contributed by atoms with Crippen molar-refractivity contribution >= 4 is 17.5 Å². The second-order valence-electron chi connectivity index (χ2n) is 4.20. The van der Waals surface area contributed by atoms with Gasteiger partial charge in [-0.15, -0.1) is 0 Å². The van der Waals surface area contributed by atoms with Crippen LogP contribution in [0.15, 0.2) is 12.1 Å². The first-order valence-electron chi connectivity index (χ1n) is 5.73. The summed E-state index contributed by atoms with van der Waals surface area (Å²) in [6, 6.07) is 1.61. The van der Waals surface area contributed by atoms with E-state index < -0.39 is 40.9 Å². The first kappa shape index (κ1) is 13.4. The number of nitrogens with one attached hydrogen (secondary N) is 2. The molecule has 0 saturated carbocycles. The summed E-state index contributed by atoms with van der Waals surface area (Å²) in [6.07, 6.45) is 0.965. The number of carbonyl (C=O) groups is 2. The van der Waals surface area contributed by atoms with Crippen LogP contribution in [0, 0.1) is 23.4 Å². The van der Waals surface area contributed by atoms with Crippen LogP contribution in [-0.2, 0) is 9.59 Å². The third kappa shape index (κ3) is 2.69. The van der Waals surface area contributed by atoms with Crippen LogP contribution in [0.2, 0.25) is 0 Å². The SMILES string of the molecule is O=C1NCCCC1C(=O)Nc1ccc(F)c(F)c1F. The molecule has 0 radical (unpaired) electrons. The topological polar surface area (TPSA) is 58.2 Å². The minimum atomic E-state index is -1.66. The van der Waals surface area contributed by atoms with Gasteiger partial charge in [0.2, 0.25) is 11.8 Å². The molecule has 0 spiro atoms. The molecule has 102 valence electrons. The molecule has 4 nitrogen and oxygen atoms in total. The second kappa shape index (κ2) is 5.29. The lowest BCUT2D eigenvalue weighted by atomic mass is 9.97. The molecule has 1 aliphatic rings. The molecule has 1 heterocycles. The molecule has 0 aromatic heterocycles. The normalized spacial score (nSPS) is 18.9. The van der Waals surface area contributed by atoms with Gasteiger partial charge in [0.05, 0.1) is 5.69 Å². The molecule has 1 unspecified atom stereocenters. The van der Waals surface area contributed by atoms with Gasteiger partial charge in [0.1, 0.15) is 5.92 Å². The van der Waals surface area contributed by atoms with E-state index in [2.05, 4.69) is 10.6 Å². The molecule has 1 aliphatic heterocycles. The van der Waals surface area contributed by atoms with E-state index in [0.29, 0.717) is 25.5 Å². The molecule has 1 atom stereocenters. The molecular formula is C12H11F3N2O2. The molecule has 0 aliphatic carbocycles. The van der Waals surface area contributed by atoms with Crippen LogP contribution in [0.3, 0.4) is 0 Å². The highest BCUT2D eigenvalue weighted by atomic mass is 19.2. The van der Waals surface area contributed by atoms with Gasteiger partial charge in [-0.25, -0.2) is 13.2 Å². The number of benzene rings is 1. The van der Waals surface area contributed by atoms with Gasteiger partial charge in [0.15, 0.2) is 17.5 Å². The van der Waals surface area contributed by atoms with Crippen LogP contribution in [0.4, 0.5) is 18.9 Å². The maximum atomic E-state index is 13.4. The van der Waals surface area contributed by atoms with Crippen molar-refractivity contribution in [2.45, 2.75) is 12.8 Å². The second-order valence-corrected chi connectivity index (χ2v) is 4.20. The van der Waals surface area contributed by atoms with Crippen LogP contribution < -0.4 is 10.6 Å². The number of hydrogen-bond donors (Lipinski definition) is 2. The maximum absolute atomic E-state index is 13.4. The van der Waals surface area contributed by atoms with Gasteiger partial charge in [0, 0.05) is 6.54 Å². The number of hydrogen-bond acceptors (Lipinski definition) is 2. The Hall–Kier alpha value is -2.05. The van der Waals surface area contributed by atoms with Gasteiger partial charge in [-0.2, -0.15) is 0 Å². The van der Waals surface area contributed by atoms with E-state index in [4.69, 9.17) is 0 Å². The van der Waals surface area contributed by atoms with Gasteiger partial charge in [-0.05, 0) is 25.0 Å². The molecule has 1 saturated heterocycles. The summed E-state index contributed by atoms with van der Waals surface area (Å²) in [5.74, 6) is -6.61. The summed E-state index contributed by atoms with van der Waals surface area (Å²) in [4.78, 5) is 23.2. The minimum Gasteiger partial charge on any atom is -0.355 e. The molecule has 2 amide bonds. The summed E-state index contributed by atoms with van der Waals surface area (Å²) >= 11 is 0.